The first-order valence-electron chi connectivity index (χ1n) is 7.85. The first kappa shape index (κ1) is 17.9. The fraction of sp³-hybridized carbons (Fsp3) is 0.562. The highest BCUT2D eigenvalue weighted by molar-refractivity contribution is 7.86. The van der Waals surface area contributed by atoms with Gasteiger partial charge in [0.05, 0.1) is 12.0 Å². The van der Waals surface area contributed by atoms with Crippen molar-refractivity contribution >= 4 is 16.1 Å². The predicted molar refractivity (Wildman–Crippen MR) is 89.9 cm³/mol. The number of benzene rings is 1. The van der Waals surface area contributed by atoms with E-state index in [0.717, 1.165) is 5.56 Å². The van der Waals surface area contributed by atoms with Crippen LogP contribution >= 0.6 is 0 Å². The number of hydrogen-bond acceptors (Lipinski definition) is 3. The number of nitrogens with zero attached hydrogens (tertiary/aromatic N) is 2. The van der Waals surface area contributed by atoms with Crippen molar-refractivity contribution in [3.63, 3.8) is 0 Å². The summed E-state index contributed by atoms with van der Waals surface area (Å²) in [6, 6.07) is 9.64. The summed E-state index contributed by atoms with van der Waals surface area (Å²) in [6.07, 6.45) is 1.41. The van der Waals surface area contributed by atoms with E-state index in [-0.39, 0.29) is 24.4 Å². The van der Waals surface area contributed by atoms with Crippen LogP contribution in [0.3, 0.4) is 0 Å². The molecule has 7 heteroatoms. The summed E-state index contributed by atoms with van der Waals surface area (Å²) in [6.45, 7) is 2.65. The van der Waals surface area contributed by atoms with Crippen LogP contribution in [0.4, 0.5) is 0 Å². The third kappa shape index (κ3) is 4.31. The lowest BCUT2D eigenvalue weighted by molar-refractivity contribution is -0.126. The zero-order valence-electron chi connectivity index (χ0n) is 13.9. The third-order valence-electron chi connectivity index (χ3n) is 4.20. The minimum Gasteiger partial charge on any atom is -0.349 e. The van der Waals surface area contributed by atoms with Crippen molar-refractivity contribution in [3.8, 4) is 0 Å². The predicted octanol–water partition coefficient (Wildman–Crippen LogP) is 1.38. The van der Waals surface area contributed by atoms with Gasteiger partial charge in [-0.15, -0.1) is 0 Å². The lowest BCUT2D eigenvalue weighted by atomic mass is 9.98. The normalized spacial score (nSPS) is 21.1. The average Bonchev–Trinajstić information content (AvgIpc) is 2.55. The summed E-state index contributed by atoms with van der Waals surface area (Å²) in [5, 5.41) is 2.99. The van der Waals surface area contributed by atoms with Crippen molar-refractivity contribution in [2.24, 2.45) is 5.92 Å². The van der Waals surface area contributed by atoms with E-state index in [9.17, 15) is 13.2 Å². The molecule has 0 unspecified atom stereocenters. The van der Waals surface area contributed by atoms with Crippen molar-refractivity contribution < 1.29 is 13.2 Å². The Morgan fingerprint density at radius 1 is 1.30 bits per heavy atom. The van der Waals surface area contributed by atoms with Gasteiger partial charge in [-0.2, -0.15) is 17.0 Å². The molecule has 1 aromatic carbocycles. The second kappa shape index (κ2) is 7.42. The Morgan fingerprint density at radius 2 is 1.96 bits per heavy atom. The molecule has 1 amide bonds. The van der Waals surface area contributed by atoms with Crippen LogP contribution in [0.1, 0.15) is 31.4 Å². The molecule has 128 valence electrons. The molecule has 1 aliphatic rings. The van der Waals surface area contributed by atoms with Gasteiger partial charge in [0, 0.05) is 27.2 Å². The van der Waals surface area contributed by atoms with E-state index in [1.54, 1.807) is 0 Å². The van der Waals surface area contributed by atoms with Crippen molar-refractivity contribution in [2.45, 2.75) is 25.8 Å². The van der Waals surface area contributed by atoms with E-state index >= 15 is 0 Å². The summed E-state index contributed by atoms with van der Waals surface area (Å²) >= 11 is 0. The molecule has 0 aliphatic carbocycles. The van der Waals surface area contributed by atoms with Gasteiger partial charge in [-0.3, -0.25) is 4.79 Å². The van der Waals surface area contributed by atoms with Gasteiger partial charge in [0.25, 0.3) is 10.2 Å². The van der Waals surface area contributed by atoms with E-state index in [1.807, 2.05) is 37.3 Å². The average molecular weight is 339 g/mol. The SMILES string of the molecule is C[C@@H](NC(=O)[C@@H]1CCCN(S(=O)(=O)N(C)C)C1)c1ccccc1. The summed E-state index contributed by atoms with van der Waals surface area (Å²) in [4.78, 5) is 12.5. The van der Waals surface area contributed by atoms with Crippen LogP contribution in [0.15, 0.2) is 30.3 Å². The number of hydrogen-bond donors (Lipinski definition) is 1. The van der Waals surface area contributed by atoms with Crippen LogP contribution in [0, 0.1) is 5.92 Å². The molecule has 1 fully saturated rings. The minimum absolute atomic E-state index is 0.0833. The Morgan fingerprint density at radius 3 is 2.57 bits per heavy atom. The molecule has 1 aliphatic heterocycles. The van der Waals surface area contributed by atoms with Crippen LogP contribution in [0.2, 0.25) is 0 Å². The highest BCUT2D eigenvalue weighted by atomic mass is 32.2. The fourth-order valence-corrected chi connectivity index (χ4v) is 3.94. The van der Waals surface area contributed by atoms with E-state index in [1.165, 1.54) is 22.7 Å². The molecule has 0 bridgehead atoms. The maximum Gasteiger partial charge on any atom is 0.281 e. The Hall–Kier alpha value is -1.44. The molecule has 1 N–H and O–H groups in total. The quantitative estimate of drug-likeness (QED) is 0.881. The monoisotopic (exact) mass is 339 g/mol. The molecular weight excluding hydrogens is 314 g/mol. The number of rotatable bonds is 5. The van der Waals surface area contributed by atoms with E-state index < -0.39 is 10.2 Å². The van der Waals surface area contributed by atoms with Gasteiger partial charge >= 0.3 is 0 Å². The van der Waals surface area contributed by atoms with Gasteiger partial charge in [0.15, 0.2) is 0 Å². The number of piperidine rings is 1. The van der Waals surface area contributed by atoms with Crippen molar-refractivity contribution in [2.75, 3.05) is 27.2 Å². The summed E-state index contributed by atoms with van der Waals surface area (Å²) in [5.41, 5.74) is 1.04. The lowest BCUT2D eigenvalue weighted by Gasteiger charge is -2.33. The topological polar surface area (TPSA) is 69.7 Å². The second-order valence-electron chi connectivity index (χ2n) is 6.13. The standard InChI is InChI=1S/C16H25N3O3S/c1-13(14-8-5-4-6-9-14)17-16(20)15-10-7-11-19(12-15)23(21,22)18(2)3/h4-6,8-9,13,15H,7,10-12H2,1-3H3,(H,17,20)/t13-,15-/m1/s1. The van der Waals surface area contributed by atoms with Crippen molar-refractivity contribution in [1.82, 2.24) is 13.9 Å². The summed E-state index contributed by atoms with van der Waals surface area (Å²) in [5.74, 6) is -0.385. The zero-order chi connectivity index (χ0) is 17.0. The highest BCUT2D eigenvalue weighted by Crippen LogP contribution is 2.21. The molecule has 1 saturated heterocycles. The Bertz CT molecular complexity index is 631. The van der Waals surface area contributed by atoms with E-state index in [4.69, 9.17) is 0 Å². The zero-order valence-corrected chi connectivity index (χ0v) is 14.7. The third-order valence-corrected chi connectivity index (χ3v) is 6.11. The molecule has 0 spiro atoms. The molecule has 2 rings (SSSR count). The molecule has 1 aromatic rings. The van der Waals surface area contributed by atoms with Gasteiger partial charge in [-0.1, -0.05) is 30.3 Å². The van der Waals surface area contributed by atoms with Gasteiger partial charge in [-0.25, -0.2) is 0 Å². The fourth-order valence-electron chi connectivity index (χ4n) is 2.75. The molecule has 0 radical (unpaired) electrons. The Kier molecular flexibility index (Phi) is 5.78. The Labute approximate surface area is 138 Å². The van der Waals surface area contributed by atoms with Gasteiger partial charge in [0.2, 0.25) is 5.91 Å². The second-order valence-corrected chi connectivity index (χ2v) is 8.27. The first-order valence-corrected chi connectivity index (χ1v) is 9.25. The maximum absolute atomic E-state index is 12.5. The maximum atomic E-state index is 12.5. The molecule has 0 aromatic heterocycles. The number of carbonyl (C=O) groups is 1. The Balaban J connectivity index is 2.00. The molecule has 1 heterocycles. The van der Waals surface area contributed by atoms with Crippen LogP contribution < -0.4 is 5.32 Å². The van der Waals surface area contributed by atoms with E-state index in [2.05, 4.69) is 5.32 Å². The molecule has 0 saturated carbocycles. The molecular formula is C16H25N3O3S. The van der Waals surface area contributed by atoms with Crippen molar-refractivity contribution in [3.05, 3.63) is 35.9 Å². The largest absolute Gasteiger partial charge is 0.349 e. The van der Waals surface area contributed by atoms with Crippen LogP contribution in [-0.2, 0) is 15.0 Å². The highest BCUT2D eigenvalue weighted by Gasteiger charge is 2.33. The number of amides is 1. The van der Waals surface area contributed by atoms with Crippen LogP contribution in [0.5, 0.6) is 0 Å². The number of carbonyl (C=O) groups excluding carboxylic acids is 1. The van der Waals surface area contributed by atoms with Gasteiger partial charge in [-0.05, 0) is 25.3 Å². The minimum atomic E-state index is -3.46. The summed E-state index contributed by atoms with van der Waals surface area (Å²) in [7, 11) is -0.440. The smallest absolute Gasteiger partial charge is 0.281 e. The van der Waals surface area contributed by atoms with Crippen LogP contribution in [0.25, 0.3) is 0 Å². The molecule has 23 heavy (non-hydrogen) atoms. The molecule has 2 atom stereocenters. The van der Waals surface area contributed by atoms with Crippen LogP contribution in [-0.4, -0.2) is 50.1 Å². The molecule has 6 nitrogen and oxygen atoms in total. The summed E-state index contributed by atoms with van der Waals surface area (Å²) < 4.78 is 27.0. The van der Waals surface area contributed by atoms with Crippen molar-refractivity contribution in [1.29, 1.82) is 0 Å². The first-order chi connectivity index (χ1) is 10.8. The van der Waals surface area contributed by atoms with Gasteiger partial charge < -0.3 is 5.32 Å². The van der Waals surface area contributed by atoms with E-state index in [0.29, 0.717) is 19.4 Å². The lowest BCUT2D eigenvalue weighted by Crippen LogP contribution is -2.49. The van der Waals surface area contributed by atoms with Gasteiger partial charge in [0.1, 0.15) is 0 Å². The number of nitrogens with one attached hydrogen (secondary N) is 1.